The van der Waals surface area contributed by atoms with Crippen LogP contribution in [0.3, 0.4) is 0 Å². The Morgan fingerprint density at radius 1 is 1.42 bits per heavy atom. The zero-order chi connectivity index (χ0) is 18.1. The molecule has 2 atom stereocenters. The molecule has 0 spiro atoms. The summed E-state index contributed by atoms with van der Waals surface area (Å²) in [6.45, 7) is 7.45. The van der Waals surface area contributed by atoms with E-state index in [0.29, 0.717) is 18.5 Å². The normalized spacial score (nSPS) is 20.6. The molecule has 0 unspecified atom stereocenters. The fourth-order valence-corrected chi connectivity index (χ4v) is 5.60. The number of amides is 1. The Hall–Kier alpha value is -1.41. The Balaban J connectivity index is 2.05. The number of carbonyl (C=O) groups excluding carboxylic acids is 2. The Kier molecular flexibility index (Phi) is 5.70. The molecule has 0 bridgehead atoms. The lowest BCUT2D eigenvalue weighted by Gasteiger charge is -2.29. The second-order valence-corrected chi connectivity index (χ2v) is 9.74. The van der Waals surface area contributed by atoms with Crippen LogP contribution in [0.15, 0.2) is 6.07 Å². The molecule has 1 aliphatic heterocycles. The Bertz CT molecular complexity index is 738. The number of sulfone groups is 1. The van der Waals surface area contributed by atoms with Gasteiger partial charge in [0.1, 0.15) is 0 Å². The molecule has 0 aliphatic carbocycles. The van der Waals surface area contributed by atoms with E-state index < -0.39 is 21.9 Å². The number of likely N-dealkylation sites (N-methyl/N-ethyl adjacent to an activating group) is 1. The lowest BCUT2D eigenvalue weighted by atomic mass is 10.2. The van der Waals surface area contributed by atoms with Gasteiger partial charge in [-0.25, -0.2) is 13.2 Å². The van der Waals surface area contributed by atoms with Crippen molar-refractivity contribution < 1.29 is 22.7 Å². The monoisotopic (exact) mass is 373 g/mol. The van der Waals surface area contributed by atoms with Gasteiger partial charge < -0.3 is 9.64 Å². The van der Waals surface area contributed by atoms with Gasteiger partial charge in [-0.2, -0.15) is 0 Å². The van der Waals surface area contributed by atoms with Gasteiger partial charge in [0.15, 0.2) is 15.9 Å². The van der Waals surface area contributed by atoms with E-state index in [0.717, 1.165) is 9.75 Å². The average Bonchev–Trinajstić information content (AvgIpc) is 3.01. The van der Waals surface area contributed by atoms with Gasteiger partial charge in [0.2, 0.25) is 0 Å². The molecule has 0 N–H and O–H groups in total. The number of aryl methyl sites for hydroxylation is 2. The molecule has 134 valence electrons. The first kappa shape index (κ1) is 18.9. The van der Waals surface area contributed by atoms with Crippen molar-refractivity contribution in [3.63, 3.8) is 0 Å². The lowest BCUT2D eigenvalue weighted by molar-refractivity contribution is -0.141. The summed E-state index contributed by atoms with van der Waals surface area (Å²) in [6, 6.07) is 1.42. The van der Waals surface area contributed by atoms with E-state index in [1.807, 2.05) is 13.8 Å². The largest absolute Gasteiger partial charge is 0.449 e. The van der Waals surface area contributed by atoms with Crippen LogP contribution in [0.4, 0.5) is 0 Å². The third kappa shape index (κ3) is 4.16. The molecule has 8 heteroatoms. The van der Waals surface area contributed by atoms with Crippen molar-refractivity contribution in [1.29, 1.82) is 0 Å². The first-order valence-corrected chi connectivity index (χ1v) is 10.6. The smallest absolute Gasteiger partial charge is 0.340 e. The molecule has 24 heavy (non-hydrogen) atoms. The summed E-state index contributed by atoms with van der Waals surface area (Å²) in [6.07, 6.45) is -0.508. The molecular formula is C16H23NO5S2. The Labute approximate surface area is 146 Å². The molecule has 2 heterocycles. The predicted molar refractivity (Wildman–Crippen MR) is 93.1 cm³/mol. The van der Waals surface area contributed by atoms with Crippen LogP contribution in [0.5, 0.6) is 0 Å². The third-order valence-electron chi connectivity index (χ3n) is 4.17. The van der Waals surface area contributed by atoms with Gasteiger partial charge in [0.25, 0.3) is 5.91 Å². The molecule has 1 aromatic heterocycles. The molecule has 1 aliphatic rings. The van der Waals surface area contributed by atoms with Crippen LogP contribution in [0.2, 0.25) is 0 Å². The molecular weight excluding hydrogens is 350 g/mol. The summed E-state index contributed by atoms with van der Waals surface area (Å²) in [4.78, 5) is 28.2. The van der Waals surface area contributed by atoms with Gasteiger partial charge >= 0.3 is 5.97 Å². The number of thiophene rings is 1. The van der Waals surface area contributed by atoms with Crippen LogP contribution in [-0.4, -0.2) is 55.4 Å². The number of rotatable bonds is 5. The summed E-state index contributed by atoms with van der Waals surface area (Å²) in [7, 11) is -3.08. The van der Waals surface area contributed by atoms with Crippen LogP contribution in [0.1, 0.15) is 40.4 Å². The summed E-state index contributed by atoms with van der Waals surface area (Å²) in [5.74, 6) is -0.788. The molecule has 1 fully saturated rings. The highest BCUT2D eigenvalue weighted by Crippen LogP contribution is 2.23. The van der Waals surface area contributed by atoms with Crippen molar-refractivity contribution in [1.82, 2.24) is 4.90 Å². The van der Waals surface area contributed by atoms with E-state index in [-0.39, 0.29) is 23.5 Å². The van der Waals surface area contributed by atoms with Crippen molar-refractivity contribution in [2.75, 3.05) is 18.1 Å². The number of nitrogens with zero attached hydrogens (tertiary/aromatic N) is 1. The zero-order valence-electron chi connectivity index (χ0n) is 14.4. The molecule has 1 amide bonds. The minimum Gasteiger partial charge on any atom is -0.449 e. The summed E-state index contributed by atoms with van der Waals surface area (Å²) in [5, 5.41) is 0. The van der Waals surface area contributed by atoms with Crippen molar-refractivity contribution >= 4 is 33.1 Å². The minimum atomic E-state index is -3.08. The second kappa shape index (κ2) is 7.23. The van der Waals surface area contributed by atoms with Crippen molar-refractivity contribution in [3.8, 4) is 0 Å². The topological polar surface area (TPSA) is 80.8 Å². The SMILES string of the molecule is CCN(C(=O)[C@H](C)OC(=O)c1cc(C)sc1C)[C@@H]1CCS(=O)(=O)C1. The number of esters is 1. The van der Waals surface area contributed by atoms with E-state index in [4.69, 9.17) is 4.74 Å². The van der Waals surface area contributed by atoms with Crippen LogP contribution < -0.4 is 0 Å². The van der Waals surface area contributed by atoms with Crippen LogP contribution in [0, 0.1) is 13.8 Å². The van der Waals surface area contributed by atoms with Crippen molar-refractivity contribution in [2.24, 2.45) is 0 Å². The van der Waals surface area contributed by atoms with E-state index >= 15 is 0 Å². The molecule has 0 radical (unpaired) electrons. The summed E-state index contributed by atoms with van der Waals surface area (Å²) >= 11 is 1.50. The number of ether oxygens (including phenoxy) is 1. The first-order chi connectivity index (χ1) is 11.1. The third-order valence-corrected chi connectivity index (χ3v) is 6.88. The molecule has 1 saturated heterocycles. The molecule has 1 aromatic rings. The maximum atomic E-state index is 12.6. The van der Waals surface area contributed by atoms with Gasteiger partial charge in [-0.1, -0.05) is 0 Å². The van der Waals surface area contributed by atoms with E-state index in [2.05, 4.69) is 0 Å². The van der Waals surface area contributed by atoms with Gasteiger partial charge in [0.05, 0.1) is 17.1 Å². The average molecular weight is 373 g/mol. The maximum absolute atomic E-state index is 12.6. The summed E-state index contributed by atoms with van der Waals surface area (Å²) < 4.78 is 28.6. The molecule has 6 nitrogen and oxygen atoms in total. The fourth-order valence-electron chi connectivity index (χ4n) is 2.96. The van der Waals surface area contributed by atoms with Crippen LogP contribution in [-0.2, 0) is 19.4 Å². The highest BCUT2D eigenvalue weighted by atomic mass is 32.2. The highest BCUT2D eigenvalue weighted by Gasteiger charge is 2.36. The van der Waals surface area contributed by atoms with E-state index in [9.17, 15) is 18.0 Å². The quantitative estimate of drug-likeness (QED) is 0.737. The van der Waals surface area contributed by atoms with Gasteiger partial charge in [-0.05, 0) is 40.2 Å². The van der Waals surface area contributed by atoms with Crippen molar-refractivity contribution in [2.45, 2.75) is 46.3 Å². The highest BCUT2D eigenvalue weighted by molar-refractivity contribution is 7.91. The maximum Gasteiger partial charge on any atom is 0.340 e. The van der Waals surface area contributed by atoms with E-state index in [1.54, 1.807) is 13.0 Å². The van der Waals surface area contributed by atoms with Gasteiger partial charge in [-0.15, -0.1) is 11.3 Å². The van der Waals surface area contributed by atoms with Crippen molar-refractivity contribution in [3.05, 3.63) is 21.4 Å². The fraction of sp³-hybridized carbons (Fsp3) is 0.625. The molecule has 0 saturated carbocycles. The standard InChI is InChI=1S/C16H23NO5S2/c1-5-17(13-6-7-24(20,21)9-13)15(18)11(3)22-16(19)14-8-10(2)23-12(14)4/h8,11,13H,5-7,9H2,1-4H3/t11-,13+/m0/s1. The molecule has 0 aromatic carbocycles. The van der Waals surface area contributed by atoms with E-state index in [1.165, 1.54) is 23.2 Å². The zero-order valence-corrected chi connectivity index (χ0v) is 16.0. The van der Waals surface area contributed by atoms with Gasteiger partial charge in [0, 0.05) is 22.3 Å². The number of hydrogen-bond acceptors (Lipinski definition) is 6. The lowest BCUT2D eigenvalue weighted by Crippen LogP contribution is -2.46. The second-order valence-electron chi connectivity index (χ2n) is 6.06. The Morgan fingerprint density at radius 2 is 2.08 bits per heavy atom. The van der Waals surface area contributed by atoms with Gasteiger partial charge in [-0.3, -0.25) is 4.79 Å². The Morgan fingerprint density at radius 3 is 2.54 bits per heavy atom. The van der Waals surface area contributed by atoms with Crippen LogP contribution >= 0.6 is 11.3 Å². The number of carbonyl (C=O) groups is 2. The predicted octanol–water partition coefficient (Wildman–Crippen LogP) is 1.95. The molecule has 2 rings (SSSR count). The summed E-state index contributed by atoms with van der Waals surface area (Å²) in [5.41, 5.74) is 0.476. The first-order valence-electron chi connectivity index (χ1n) is 7.93. The number of hydrogen-bond donors (Lipinski definition) is 0. The van der Waals surface area contributed by atoms with Crippen LogP contribution in [0.25, 0.3) is 0 Å². The minimum absolute atomic E-state index is 0.0178.